The van der Waals surface area contributed by atoms with E-state index in [1.807, 2.05) is 11.4 Å². The van der Waals surface area contributed by atoms with Gasteiger partial charge in [-0.2, -0.15) is 0 Å². The lowest BCUT2D eigenvalue weighted by Crippen LogP contribution is -1.82. The first-order chi connectivity index (χ1) is 6.77. The summed E-state index contributed by atoms with van der Waals surface area (Å²) in [4.78, 5) is 0. The molecule has 1 aromatic heterocycles. The van der Waals surface area contributed by atoms with Crippen molar-refractivity contribution in [2.45, 2.75) is 5.88 Å². The van der Waals surface area contributed by atoms with Gasteiger partial charge >= 0.3 is 0 Å². The summed E-state index contributed by atoms with van der Waals surface area (Å²) in [5, 5.41) is 12.5. The van der Waals surface area contributed by atoms with E-state index in [0.29, 0.717) is 5.88 Å². The smallest absolute Gasteiger partial charge is 0.137 e. The number of fused-ring (bicyclic) bond motifs is 1. The van der Waals surface area contributed by atoms with Crippen LogP contribution in [0.2, 0.25) is 0 Å². The molecule has 0 fully saturated rings. The maximum Gasteiger partial charge on any atom is 0.137 e. The monoisotopic (exact) mass is 228 g/mol. The zero-order valence-corrected chi connectivity index (χ0v) is 9.15. The first kappa shape index (κ1) is 9.62. The molecule has 0 unspecified atom stereocenters. The predicted molar refractivity (Wildman–Crippen MR) is 59.6 cm³/mol. The van der Waals surface area contributed by atoms with Gasteiger partial charge in [0, 0.05) is 21.0 Å². The van der Waals surface area contributed by atoms with Crippen molar-refractivity contribution in [1.29, 1.82) is 0 Å². The molecule has 1 aromatic carbocycles. The fourth-order valence-electron chi connectivity index (χ4n) is 1.41. The highest BCUT2D eigenvalue weighted by atomic mass is 35.5. The Balaban J connectivity index is 2.76. The number of phenols is 1. The maximum absolute atomic E-state index is 9.57. The van der Waals surface area contributed by atoms with E-state index < -0.39 is 0 Å². The Kier molecular flexibility index (Phi) is 2.52. The molecule has 4 heteroatoms. The summed E-state index contributed by atoms with van der Waals surface area (Å²) in [6.07, 6.45) is 0. The van der Waals surface area contributed by atoms with Crippen molar-refractivity contribution in [3.63, 3.8) is 0 Å². The van der Waals surface area contributed by atoms with Crippen molar-refractivity contribution < 1.29 is 9.84 Å². The summed E-state index contributed by atoms with van der Waals surface area (Å²) in [6.45, 7) is 0. The van der Waals surface area contributed by atoms with Crippen LogP contribution in [0.25, 0.3) is 10.1 Å². The number of methoxy groups -OCH3 is 1. The van der Waals surface area contributed by atoms with Gasteiger partial charge in [-0.25, -0.2) is 0 Å². The largest absolute Gasteiger partial charge is 0.508 e. The molecule has 14 heavy (non-hydrogen) atoms. The standard InChI is InChI=1S/C10H9ClO2S/c1-13-9-5-14-10-6(9)2-3-8(12)7(10)4-11/h2-3,5,12H,4H2,1H3. The van der Waals surface area contributed by atoms with Gasteiger partial charge < -0.3 is 9.84 Å². The molecule has 1 heterocycles. The van der Waals surface area contributed by atoms with Gasteiger partial charge in [0.25, 0.3) is 0 Å². The third-order valence-electron chi connectivity index (χ3n) is 2.14. The topological polar surface area (TPSA) is 29.5 Å². The lowest BCUT2D eigenvalue weighted by molar-refractivity contribution is 0.421. The van der Waals surface area contributed by atoms with Gasteiger partial charge in [-0.15, -0.1) is 22.9 Å². The van der Waals surface area contributed by atoms with Gasteiger partial charge in [0.2, 0.25) is 0 Å². The molecule has 0 aliphatic carbocycles. The minimum Gasteiger partial charge on any atom is -0.508 e. The maximum atomic E-state index is 9.57. The zero-order chi connectivity index (χ0) is 10.1. The number of hydrogen-bond acceptors (Lipinski definition) is 3. The van der Waals surface area contributed by atoms with Gasteiger partial charge in [0.15, 0.2) is 0 Å². The molecule has 2 nitrogen and oxygen atoms in total. The molecule has 1 N–H and O–H groups in total. The van der Waals surface area contributed by atoms with Gasteiger partial charge in [-0.05, 0) is 12.1 Å². The average molecular weight is 229 g/mol. The summed E-state index contributed by atoms with van der Waals surface area (Å²) in [6, 6.07) is 3.49. The fourth-order valence-corrected chi connectivity index (χ4v) is 2.82. The van der Waals surface area contributed by atoms with E-state index in [1.54, 1.807) is 13.2 Å². The molecule has 0 aliphatic heterocycles. The molecule has 0 aliphatic rings. The molecule has 0 spiro atoms. The van der Waals surface area contributed by atoms with Crippen LogP contribution in [0, 0.1) is 0 Å². The molecule has 0 atom stereocenters. The Morgan fingerprint density at radius 2 is 2.29 bits per heavy atom. The SMILES string of the molecule is COc1csc2c(CCl)c(O)ccc12. The van der Waals surface area contributed by atoms with Gasteiger partial charge in [0.05, 0.1) is 13.0 Å². The van der Waals surface area contributed by atoms with Crippen LogP contribution < -0.4 is 4.74 Å². The van der Waals surface area contributed by atoms with Gasteiger partial charge in [-0.1, -0.05) is 0 Å². The second kappa shape index (κ2) is 3.67. The first-order valence-electron chi connectivity index (χ1n) is 4.10. The molecule has 2 aromatic rings. The predicted octanol–water partition coefficient (Wildman–Crippen LogP) is 3.35. The van der Waals surface area contributed by atoms with Crippen molar-refractivity contribution in [3.8, 4) is 11.5 Å². The Morgan fingerprint density at radius 1 is 1.50 bits per heavy atom. The lowest BCUT2D eigenvalue weighted by atomic mass is 10.1. The Labute approximate surface area is 90.7 Å². The summed E-state index contributed by atoms with van der Waals surface area (Å²) < 4.78 is 6.19. The summed E-state index contributed by atoms with van der Waals surface area (Å²) in [7, 11) is 1.63. The normalized spacial score (nSPS) is 10.7. The van der Waals surface area contributed by atoms with E-state index in [9.17, 15) is 5.11 Å². The lowest BCUT2D eigenvalue weighted by Gasteiger charge is -2.02. The van der Waals surface area contributed by atoms with Gasteiger partial charge in [-0.3, -0.25) is 0 Å². The second-order valence-electron chi connectivity index (χ2n) is 2.88. The van der Waals surface area contributed by atoms with E-state index in [-0.39, 0.29) is 5.75 Å². The number of hydrogen-bond donors (Lipinski definition) is 1. The zero-order valence-electron chi connectivity index (χ0n) is 7.58. The number of ether oxygens (including phenoxy) is 1. The number of thiophene rings is 1. The molecule has 0 amide bonds. The highest BCUT2D eigenvalue weighted by Gasteiger charge is 2.11. The third kappa shape index (κ3) is 1.33. The van der Waals surface area contributed by atoms with Crippen molar-refractivity contribution in [2.24, 2.45) is 0 Å². The molecule has 0 saturated carbocycles. The van der Waals surface area contributed by atoms with Crippen LogP contribution in [0.5, 0.6) is 11.5 Å². The minimum absolute atomic E-state index is 0.247. The summed E-state index contributed by atoms with van der Waals surface area (Å²) >= 11 is 7.30. The van der Waals surface area contributed by atoms with E-state index in [1.165, 1.54) is 11.3 Å². The first-order valence-corrected chi connectivity index (χ1v) is 5.51. The minimum atomic E-state index is 0.247. The Bertz CT molecular complexity index is 464. The van der Waals surface area contributed by atoms with E-state index in [2.05, 4.69) is 0 Å². The molecule has 2 rings (SSSR count). The van der Waals surface area contributed by atoms with E-state index in [0.717, 1.165) is 21.4 Å². The number of alkyl halides is 1. The molecule has 0 radical (unpaired) electrons. The van der Waals surface area contributed by atoms with Crippen molar-refractivity contribution in [2.75, 3.05) is 7.11 Å². The van der Waals surface area contributed by atoms with Crippen molar-refractivity contribution in [1.82, 2.24) is 0 Å². The summed E-state index contributed by atoms with van der Waals surface area (Å²) in [5.74, 6) is 1.39. The number of benzene rings is 1. The van der Waals surface area contributed by atoms with E-state index in [4.69, 9.17) is 16.3 Å². The van der Waals surface area contributed by atoms with Crippen molar-refractivity contribution >= 4 is 33.0 Å². The summed E-state index contributed by atoms with van der Waals surface area (Å²) in [5.41, 5.74) is 0.775. The van der Waals surface area contributed by atoms with Crippen LogP contribution in [0.1, 0.15) is 5.56 Å². The highest BCUT2D eigenvalue weighted by Crippen LogP contribution is 2.38. The molecule has 74 valence electrons. The quantitative estimate of drug-likeness (QED) is 0.799. The fraction of sp³-hybridized carbons (Fsp3) is 0.200. The Morgan fingerprint density at radius 3 is 2.93 bits per heavy atom. The number of rotatable bonds is 2. The molecule has 0 bridgehead atoms. The van der Waals surface area contributed by atoms with Crippen LogP contribution in [0.15, 0.2) is 17.5 Å². The molecule has 0 saturated heterocycles. The third-order valence-corrected chi connectivity index (χ3v) is 3.44. The molecular formula is C10H9ClO2S. The Hall–Kier alpha value is -0.930. The van der Waals surface area contributed by atoms with Crippen LogP contribution in [-0.4, -0.2) is 12.2 Å². The number of halogens is 1. The van der Waals surface area contributed by atoms with Crippen LogP contribution in [0.4, 0.5) is 0 Å². The number of aromatic hydroxyl groups is 1. The van der Waals surface area contributed by atoms with Gasteiger partial charge in [0.1, 0.15) is 11.5 Å². The highest BCUT2D eigenvalue weighted by molar-refractivity contribution is 7.17. The van der Waals surface area contributed by atoms with Crippen LogP contribution in [0.3, 0.4) is 0 Å². The van der Waals surface area contributed by atoms with E-state index >= 15 is 0 Å². The molecular weight excluding hydrogens is 220 g/mol. The van der Waals surface area contributed by atoms with Crippen LogP contribution >= 0.6 is 22.9 Å². The number of phenolic OH excluding ortho intramolecular Hbond substituents is 1. The average Bonchev–Trinajstić information content (AvgIpc) is 2.60. The second-order valence-corrected chi connectivity index (χ2v) is 4.02. The van der Waals surface area contributed by atoms with Crippen LogP contribution in [-0.2, 0) is 5.88 Å². The van der Waals surface area contributed by atoms with Crippen molar-refractivity contribution in [3.05, 3.63) is 23.1 Å².